The molecule has 1 aromatic carbocycles. The van der Waals surface area contributed by atoms with Crippen molar-refractivity contribution in [2.45, 2.75) is 45.7 Å². The van der Waals surface area contributed by atoms with Crippen LogP contribution in [-0.4, -0.2) is 41.0 Å². The molecule has 0 spiro atoms. The summed E-state index contributed by atoms with van der Waals surface area (Å²) in [6.45, 7) is 5.71. The Labute approximate surface area is 148 Å². The van der Waals surface area contributed by atoms with Gasteiger partial charge in [-0.25, -0.2) is 4.79 Å². The molecule has 3 rings (SSSR count). The Morgan fingerprint density at radius 2 is 2.08 bits per heavy atom. The lowest BCUT2D eigenvalue weighted by Gasteiger charge is -2.27. The van der Waals surface area contributed by atoms with E-state index in [2.05, 4.69) is 27.8 Å². The predicted molar refractivity (Wildman–Crippen MR) is 98.3 cm³/mol. The van der Waals surface area contributed by atoms with Crippen molar-refractivity contribution in [3.05, 3.63) is 35.5 Å². The van der Waals surface area contributed by atoms with Crippen LogP contribution in [0.1, 0.15) is 37.9 Å². The number of H-pyrrole nitrogens is 1. The lowest BCUT2D eigenvalue weighted by Crippen LogP contribution is -2.43. The van der Waals surface area contributed by atoms with Gasteiger partial charge in [-0.15, -0.1) is 0 Å². The van der Waals surface area contributed by atoms with Crippen LogP contribution in [0.3, 0.4) is 0 Å². The normalized spacial score (nSPS) is 13.8. The first kappa shape index (κ1) is 17.3. The molecule has 0 radical (unpaired) electrons. The summed E-state index contributed by atoms with van der Waals surface area (Å²) in [5.41, 5.74) is 3.58. The largest absolute Gasteiger partial charge is 0.357 e. The van der Waals surface area contributed by atoms with E-state index in [9.17, 15) is 9.59 Å². The number of rotatable bonds is 5. The lowest BCUT2D eigenvalue weighted by atomic mass is 10.0. The zero-order chi connectivity index (χ0) is 17.8. The summed E-state index contributed by atoms with van der Waals surface area (Å²) in [5.74, 6) is 0.0324. The van der Waals surface area contributed by atoms with E-state index in [-0.39, 0.29) is 18.0 Å². The van der Waals surface area contributed by atoms with Crippen LogP contribution in [0.5, 0.6) is 0 Å². The third-order valence-corrected chi connectivity index (χ3v) is 4.48. The maximum Gasteiger partial charge on any atom is 0.317 e. The van der Waals surface area contributed by atoms with Gasteiger partial charge in [0, 0.05) is 42.1 Å². The van der Waals surface area contributed by atoms with Crippen LogP contribution in [0, 0.1) is 0 Å². The fourth-order valence-electron chi connectivity index (χ4n) is 3.32. The molecule has 1 aromatic heterocycles. The number of nitrogens with one attached hydrogen (secondary N) is 3. The monoisotopic (exact) mass is 342 g/mol. The molecule has 134 valence electrons. The Hall–Kier alpha value is -2.50. The van der Waals surface area contributed by atoms with Crippen molar-refractivity contribution < 1.29 is 9.59 Å². The molecule has 0 fully saturated rings. The zero-order valence-electron chi connectivity index (χ0n) is 14.9. The molecular formula is C19H26N4O2. The first-order valence-electron chi connectivity index (χ1n) is 8.95. The van der Waals surface area contributed by atoms with Crippen molar-refractivity contribution in [3.8, 4) is 0 Å². The van der Waals surface area contributed by atoms with E-state index < -0.39 is 0 Å². The Balaban J connectivity index is 1.48. The molecule has 25 heavy (non-hydrogen) atoms. The molecule has 0 atom stereocenters. The van der Waals surface area contributed by atoms with Gasteiger partial charge in [0.1, 0.15) is 0 Å². The maximum atomic E-state index is 12.3. The fraction of sp³-hybridized carbons (Fsp3) is 0.474. The average Bonchev–Trinajstić information content (AvgIpc) is 2.95. The number of para-hydroxylation sites is 1. The van der Waals surface area contributed by atoms with Gasteiger partial charge >= 0.3 is 6.03 Å². The van der Waals surface area contributed by atoms with Crippen LogP contribution >= 0.6 is 0 Å². The van der Waals surface area contributed by atoms with Crippen molar-refractivity contribution in [2.75, 3.05) is 13.1 Å². The topological polar surface area (TPSA) is 77.2 Å². The van der Waals surface area contributed by atoms with Gasteiger partial charge in [0.05, 0.1) is 6.54 Å². The van der Waals surface area contributed by atoms with E-state index in [1.807, 2.05) is 30.9 Å². The minimum Gasteiger partial charge on any atom is -0.357 e. The van der Waals surface area contributed by atoms with Crippen molar-refractivity contribution in [3.63, 3.8) is 0 Å². The van der Waals surface area contributed by atoms with Gasteiger partial charge in [0.15, 0.2) is 0 Å². The van der Waals surface area contributed by atoms with Crippen LogP contribution in [0.25, 0.3) is 10.9 Å². The SMILES string of the molecule is CC(C)NC(=O)CCCNC(=O)N1CCc2c([nH]c3ccccc23)C1. The summed E-state index contributed by atoms with van der Waals surface area (Å²) >= 11 is 0. The van der Waals surface area contributed by atoms with Crippen molar-refractivity contribution in [1.82, 2.24) is 20.5 Å². The standard InChI is InChI=1S/C19H26N4O2/c1-13(2)21-18(24)8-5-10-20-19(25)23-11-9-15-14-6-3-4-7-16(14)22-17(15)12-23/h3-4,6-7,13,22H,5,8-12H2,1-2H3,(H,20,25)(H,21,24). The van der Waals surface area contributed by atoms with Gasteiger partial charge < -0.3 is 20.5 Å². The molecule has 0 aliphatic carbocycles. The number of carbonyl (C=O) groups is 2. The minimum atomic E-state index is -0.0615. The summed E-state index contributed by atoms with van der Waals surface area (Å²) in [4.78, 5) is 29.2. The lowest BCUT2D eigenvalue weighted by molar-refractivity contribution is -0.121. The molecular weight excluding hydrogens is 316 g/mol. The van der Waals surface area contributed by atoms with Gasteiger partial charge in [0.2, 0.25) is 5.91 Å². The van der Waals surface area contributed by atoms with Gasteiger partial charge in [-0.3, -0.25) is 4.79 Å². The van der Waals surface area contributed by atoms with E-state index in [1.165, 1.54) is 10.9 Å². The number of fused-ring (bicyclic) bond motifs is 3. The van der Waals surface area contributed by atoms with E-state index in [4.69, 9.17) is 0 Å². The number of amides is 3. The number of urea groups is 1. The van der Waals surface area contributed by atoms with Gasteiger partial charge in [-0.1, -0.05) is 18.2 Å². The Bertz CT molecular complexity index is 766. The van der Waals surface area contributed by atoms with E-state index >= 15 is 0 Å². The van der Waals surface area contributed by atoms with Crippen LogP contribution in [0.2, 0.25) is 0 Å². The van der Waals surface area contributed by atoms with Crippen LogP contribution in [-0.2, 0) is 17.8 Å². The second-order valence-electron chi connectivity index (χ2n) is 6.86. The third-order valence-electron chi connectivity index (χ3n) is 4.48. The molecule has 0 saturated carbocycles. The minimum absolute atomic E-state index is 0.0324. The molecule has 6 heteroatoms. The number of benzene rings is 1. The highest BCUT2D eigenvalue weighted by molar-refractivity contribution is 5.85. The van der Waals surface area contributed by atoms with Gasteiger partial charge in [-0.2, -0.15) is 0 Å². The molecule has 3 N–H and O–H groups in total. The van der Waals surface area contributed by atoms with E-state index in [0.717, 1.165) is 17.6 Å². The second kappa shape index (κ2) is 7.59. The first-order valence-corrected chi connectivity index (χ1v) is 8.95. The van der Waals surface area contributed by atoms with Gasteiger partial charge in [0.25, 0.3) is 0 Å². The highest BCUT2D eigenvalue weighted by atomic mass is 16.2. The number of nitrogens with zero attached hydrogens (tertiary/aromatic N) is 1. The molecule has 1 aliphatic rings. The summed E-state index contributed by atoms with van der Waals surface area (Å²) in [5, 5.41) is 7.03. The smallest absolute Gasteiger partial charge is 0.317 e. The van der Waals surface area contributed by atoms with Crippen LogP contribution in [0.15, 0.2) is 24.3 Å². The molecule has 0 bridgehead atoms. The summed E-state index contributed by atoms with van der Waals surface area (Å²) in [7, 11) is 0. The molecule has 6 nitrogen and oxygen atoms in total. The zero-order valence-corrected chi connectivity index (χ0v) is 14.9. The van der Waals surface area contributed by atoms with E-state index in [0.29, 0.717) is 32.5 Å². The highest BCUT2D eigenvalue weighted by Crippen LogP contribution is 2.27. The number of hydrogen-bond donors (Lipinski definition) is 3. The second-order valence-corrected chi connectivity index (χ2v) is 6.86. The predicted octanol–water partition coefficient (Wildman–Crippen LogP) is 2.54. The number of carbonyl (C=O) groups excluding carboxylic acids is 2. The summed E-state index contributed by atoms with van der Waals surface area (Å²) in [6, 6.07) is 8.35. The van der Waals surface area contributed by atoms with Crippen molar-refractivity contribution in [1.29, 1.82) is 0 Å². The number of hydrogen-bond acceptors (Lipinski definition) is 2. The highest BCUT2D eigenvalue weighted by Gasteiger charge is 2.23. The number of aromatic amines is 1. The van der Waals surface area contributed by atoms with Crippen LogP contribution < -0.4 is 10.6 Å². The summed E-state index contributed by atoms with van der Waals surface area (Å²) in [6.07, 6.45) is 1.95. The molecule has 0 unspecified atom stereocenters. The quantitative estimate of drug-likeness (QED) is 0.730. The molecule has 2 heterocycles. The maximum absolute atomic E-state index is 12.3. The summed E-state index contributed by atoms with van der Waals surface area (Å²) < 4.78 is 0. The molecule has 1 aliphatic heterocycles. The first-order chi connectivity index (χ1) is 12.0. The molecule has 2 aromatic rings. The third kappa shape index (κ3) is 4.13. The van der Waals surface area contributed by atoms with Crippen molar-refractivity contribution in [2.24, 2.45) is 0 Å². The van der Waals surface area contributed by atoms with Gasteiger partial charge in [-0.05, 0) is 38.3 Å². The Morgan fingerprint density at radius 1 is 1.28 bits per heavy atom. The van der Waals surface area contributed by atoms with E-state index in [1.54, 1.807) is 0 Å². The average molecular weight is 342 g/mol. The van der Waals surface area contributed by atoms with Crippen molar-refractivity contribution >= 4 is 22.8 Å². The Morgan fingerprint density at radius 3 is 2.88 bits per heavy atom. The fourth-order valence-corrected chi connectivity index (χ4v) is 3.32. The Kier molecular flexibility index (Phi) is 5.26. The van der Waals surface area contributed by atoms with Crippen LogP contribution in [0.4, 0.5) is 4.79 Å². The molecule has 3 amide bonds. The number of aromatic nitrogens is 1. The molecule has 0 saturated heterocycles.